The zero-order chi connectivity index (χ0) is 17.3. The van der Waals surface area contributed by atoms with Crippen LogP contribution >= 0.6 is 0 Å². The third kappa shape index (κ3) is 3.96. The Kier molecular flexibility index (Phi) is 4.57. The van der Waals surface area contributed by atoms with Gasteiger partial charge >= 0.3 is 0 Å². The van der Waals surface area contributed by atoms with Crippen molar-refractivity contribution >= 4 is 38.1 Å². The Morgan fingerprint density at radius 1 is 0.783 bits per heavy atom. The summed E-state index contributed by atoms with van der Waals surface area (Å²) in [5.41, 5.74) is 5.66. The van der Waals surface area contributed by atoms with Gasteiger partial charge in [0, 0.05) is 0 Å². The zero-order valence-electron chi connectivity index (χ0n) is 11.6. The lowest BCUT2D eigenvalue weighted by Gasteiger charge is -2.07. The van der Waals surface area contributed by atoms with Crippen LogP contribution in [0.4, 0.5) is 5.69 Å². The van der Waals surface area contributed by atoms with Gasteiger partial charge in [0.15, 0.2) is 0 Å². The van der Waals surface area contributed by atoms with E-state index in [2.05, 4.69) is 0 Å². The Balaban J connectivity index is 2.59. The molecule has 0 unspecified atom stereocenters. The highest BCUT2D eigenvalue weighted by Crippen LogP contribution is 2.25. The second-order valence-corrected chi connectivity index (χ2v) is 7.34. The molecule has 2 aromatic rings. The van der Waals surface area contributed by atoms with Crippen molar-refractivity contribution in [3.05, 3.63) is 53.6 Å². The van der Waals surface area contributed by atoms with Crippen LogP contribution < -0.4 is 5.73 Å². The highest BCUT2D eigenvalue weighted by Gasteiger charge is 2.18. The molecule has 0 amide bonds. The molecule has 0 saturated heterocycles. The quantitative estimate of drug-likeness (QED) is 0.433. The summed E-state index contributed by atoms with van der Waals surface area (Å²) in [7, 11) is -8.98. The number of nitrogens with two attached hydrogens (primary N) is 1. The molecular formula is C14H13NO6S2. The molecule has 9 heteroatoms. The van der Waals surface area contributed by atoms with Gasteiger partial charge < -0.3 is 5.73 Å². The van der Waals surface area contributed by atoms with Crippen molar-refractivity contribution in [1.29, 1.82) is 0 Å². The van der Waals surface area contributed by atoms with Crippen LogP contribution in [-0.4, -0.2) is 25.9 Å². The normalized spacial score (nSPS) is 12.6. The van der Waals surface area contributed by atoms with E-state index in [-0.39, 0.29) is 21.7 Å². The second kappa shape index (κ2) is 6.13. The van der Waals surface area contributed by atoms with Crippen LogP contribution in [-0.2, 0) is 20.2 Å². The van der Waals surface area contributed by atoms with E-state index in [4.69, 9.17) is 5.73 Å². The molecule has 0 saturated carbocycles. The van der Waals surface area contributed by atoms with Crippen molar-refractivity contribution in [2.75, 3.05) is 5.73 Å². The lowest BCUT2D eigenvalue weighted by atomic mass is 10.1. The Hall–Kier alpha value is -2.20. The maximum Gasteiger partial charge on any atom is 0.297 e. The molecule has 122 valence electrons. The summed E-state index contributed by atoms with van der Waals surface area (Å²) in [6.07, 6.45) is 2.58. The van der Waals surface area contributed by atoms with E-state index >= 15 is 0 Å². The van der Waals surface area contributed by atoms with E-state index in [0.717, 1.165) is 0 Å². The first-order valence-corrected chi connectivity index (χ1v) is 9.09. The number of hydrogen-bond acceptors (Lipinski definition) is 5. The summed E-state index contributed by atoms with van der Waals surface area (Å²) < 4.78 is 63.9. The predicted molar refractivity (Wildman–Crippen MR) is 85.9 cm³/mol. The van der Waals surface area contributed by atoms with Crippen molar-refractivity contribution in [2.45, 2.75) is 9.79 Å². The fourth-order valence-corrected chi connectivity index (χ4v) is 3.52. The van der Waals surface area contributed by atoms with Crippen molar-refractivity contribution in [3.8, 4) is 0 Å². The second-order valence-electron chi connectivity index (χ2n) is 4.59. The van der Waals surface area contributed by atoms with Gasteiger partial charge in [0.2, 0.25) is 0 Å². The number of benzene rings is 2. The van der Waals surface area contributed by atoms with Crippen molar-refractivity contribution in [3.63, 3.8) is 0 Å². The summed E-state index contributed by atoms with van der Waals surface area (Å²) >= 11 is 0. The largest absolute Gasteiger partial charge is 0.398 e. The van der Waals surface area contributed by atoms with Gasteiger partial charge in [-0.05, 0) is 23.3 Å². The SMILES string of the molecule is Nc1cccc(/C=C/c2ccccc2S(=O)(=O)O)c1S(=O)(=O)O. The summed E-state index contributed by atoms with van der Waals surface area (Å²) in [6.45, 7) is 0. The molecule has 0 radical (unpaired) electrons. The Bertz CT molecular complexity index is 978. The van der Waals surface area contributed by atoms with Gasteiger partial charge in [0.1, 0.15) is 9.79 Å². The Labute approximate surface area is 133 Å². The minimum atomic E-state index is -4.55. The standard InChI is InChI=1S/C14H13NO6S2/c15-12-6-3-5-11(14(12)23(19,20)21)9-8-10-4-1-2-7-13(10)22(16,17)18/h1-9H,15H2,(H,16,17,18)(H,19,20,21)/b9-8+. The van der Waals surface area contributed by atoms with Gasteiger partial charge in [-0.25, -0.2) is 0 Å². The summed E-state index contributed by atoms with van der Waals surface area (Å²) in [5, 5.41) is 0. The number of anilines is 1. The monoisotopic (exact) mass is 355 g/mol. The van der Waals surface area contributed by atoms with Gasteiger partial charge in [-0.3, -0.25) is 9.11 Å². The van der Waals surface area contributed by atoms with Crippen molar-refractivity contribution in [2.24, 2.45) is 0 Å². The van der Waals surface area contributed by atoms with Gasteiger partial charge in [0.05, 0.1) is 5.69 Å². The van der Waals surface area contributed by atoms with Crippen LogP contribution in [0.15, 0.2) is 52.3 Å². The van der Waals surface area contributed by atoms with Gasteiger partial charge in [-0.15, -0.1) is 0 Å². The topological polar surface area (TPSA) is 135 Å². The first kappa shape index (κ1) is 17.2. The molecule has 0 fully saturated rings. The Morgan fingerprint density at radius 2 is 1.35 bits per heavy atom. The van der Waals surface area contributed by atoms with E-state index in [9.17, 15) is 25.9 Å². The molecule has 0 spiro atoms. The molecule has 0 aliphatic rings. The average molecular weight is 355 g/mol. The minimum Gasteiger partial charge on any atom is -0.398 e. The fraction of sp³-hybridized carbons (Fsp3) is 0. The molecule has 23 heavy (non-hydrogen) atoms. The van der Waals surface area contributed by atoms with E-state index < -0.39 is 25.1 Å². The zero-order valence-corrected chi connectivity index (χ0v) is 13.3. The summed E-state index contributed by atoms with van der Waals surface area (Å²) in [6, 6.07) is 9.82. The maximum absolute atomic E-state index is 11.4. The van der Waals surface area contributed by atoms with Crippen molar-refractivity contribution < 1.29 is 25.9 Å². The van der Waals surface area contributed by atoms with Gasteiger partial charge in [-0.2, -0.15) is 16.8 Å². The van der Waals surface area contributed by atoms with Crippen LogP contribution in [0.1, 0.15) is 11.1 Å². The maximum atomic E-state index is 11.4. The molecular weight excluding hydrogens is 342 g/mol. The molecule has 2 aromatic carbocycles. The smallest absolute Gasteiger partial charge is 0.297 e. The van der Waals surface area contributed by atoms with Crippen LogP contribution in [0, 0.1) is 0 Å². The molecule has 0 aliphatic carbocycles. The Morgan fingerprint density at radius 3 is 1.96 bits per heavy atom. The van der Waals surface area contributed by atoms with Crippen molar-refractivity contribution in [1.82, 2.24) is 0 Å². The highest BCUT2D eigenvalue weighted by atomic mass is 32.2. The fourth-order valence-electron chi connectivity index (χ4n) is 2.04. The number of rotatable bonds is 4. The third-order valence-corrected chi connectivity index (χ3v) is 4.89. The molecule has 2 rings (SSSR count). The van der Waals surface area contributed by atoms with Crippen LogP contribution in [0.5, 0.6) is 0 Å². The third-order valence-electron chi connectivity index (χ3n) is 2.97. The van der Waals surface area contributed by atoms with E-state index in [1.807, 2.05) is 0 Å². The number of nitrogen functional groups attached to an aromatic ring is 1. The average Bonchev–Trinajstić information content (AvgIpc) is 2.43. The van der Waals surface area contributed by atoms with Gasteiger partial charge in [0.25, 0.3) is 20.2 Å². The predicted octanol–water partition coefficient (Wildman–Crippen LogP) is 1.93. The summed E-state index contributed by atoms with van der Waals surface area (Å²) in [4.78, 5) is -0.797. The molecule has 4 N–H and O–H groups in total. The molecule has 0 atom stereocenters. The lowest BCUT2D eigenvalue weighted by molar-refractivity contribution is 0.481. The van der Waals surface area contributed by atoms with Crippen LogP contribution in [0.3, 0.4) is 0 Å². The minimum absolute atomic E-state index is 0.0811. The highest BCUT2D eigenvalue weighted by molar-refractivity contribution is 7.86. The molecule has 0 bridgehead atoms. The first-order chi connectivity index (χ1) is 10.6. The molecule has 0 aromatic heterocycles. The van der Waals surface area contributed by atoms with E-state index in [1.54, 1.807) is 6.07 Å². The van der Waals surface area contributed by atoms with E-state index in [0.29, 0.717) is 0 Å². The number of hydrogen-bond donors (Lipinski definition) is 3. The molecule has 0 heterocycles. The summed E-state index contributed by atoms with van der Waals surface area (Å²) in [5.74, 6) is 0. The lowest BCUT2D eigenvalue weighted by Crippen LogP contribution is -2.05. The van der Waals surface area contributed by atoms with E-state index in [1.165, 1.54) is 48.6 Å². The van der Waals surface area contributed by atoms with Crippen LogP contribution in [0.25, 0.3) is 12.2 Å². The molecule has 0 aliphatic heterocycles. The van der Waals surface area contributed by atoms with Crippen LogP contribution in [0.2, 0.25) is 0 Å². The van der Waals surface area contributed by atoms with Gasteiger partial charge in [-0.1, -0.05) is 42.5 Å². The molecule has 7 nitrogen and oxygen atoms in total. The first-order valence-electron chi connectivity index (χ1n) is 6.21.